The van der Waals surface area contributed by atoms with Crippen LogP contribution in [0.4, 0.5) is 5.69 Å². The number of carbonyl (C=O) groups is 3. The highest BCUT2D eigenvalue weighted by Crippen LogP contribution is 2.23. The van der Waals surface area contributed by atoms with Crippen LogP contribution in [0.1, 0.15) is 38.6 Å². The van der Waals surface area contributed by atoms with Crippen molar-refractivity contribution >= 4 is 46.2 Å². The van der Waals surface area contributed by atoms with Gasteiger partial charge in [0.1, 0.15) is 5.76 Å². The lowest BCUT2D eigenvalue weighted by molar-refractivity contribution is -0.116. The Kier molecular flexibility index (Phi) is 6.62. The number of halogens is 1. The third-order valence-electron chi connectivity index (χ3n) is 3.88. The number of furan rings is 1. The maximum Gasteiger partial charge on any atom is 0.253 e. The number of rotatable bonds is 8. The van der Waals surface area contributed by atoms with Gasteiger partial charge in [-0.15, -0.1) is 11.3 Å². The second kappa shape index (κ2) is 9.34. The van der Waals surface area contributed by atoms with Crippen LogP contribution in [0.5, 0.6) is 0 Å². The molecule has 0 unspecified atom stereocenters. The first-order valence-corrected chi connectivity index (χ1v) is 9.70. The molecule has 2 aromatic heterocycles. The monoisotopic (exact) mass is 416 g/mol. The van der Waals surface area contributed by atoms with E-state index in [1.165, 1.54) is 17.6 Å². The summed E-state index contributed by atoms with van der Waals surface area (Å²) in [5.74, 6) is -0.197. The Morgan fingerprint density at radius 2 is 1.82 bits per heavy atom. The maximum atomic E-state index is 12.4. The van der Waals surface area contributed by atoms with Crippen molar-refractivity contribution in [1.29, 1.82) is 0 Å². The van der Waals surface area contributed by atoms with Crippen molar-refractivity contribution in [3.63, 3.8) is 0 Å². The van der Waals surface area contributed by atoms with E-state index >= 15 is 0 Å². The summed E-state index contributed by atoms with van der Waals surface area (Å²) in [4.78, 5) is 37.3. The molecule has 3 aromatic rings. The van der Waals surface area contributed by atoms with Gasteiger partial charge in [-0.3, -0.25) is 14.4 Å². The average molecular weight is 417 g/mol. The highest BCUT2D eigenvalue weighted by atomic mass is 35.5. The lowest BCUT2D eigenvalue weighted by atomic mass is 10.1. The number of anilines is 1. The van der Waals surface area contributed by atoms with Crippen molar-refractivity contribution in [2.45, 2.75) is 19.4 Å². The largest absolute Gasteiger partial charge is 0.467 e. The zero-order valence-electron chi connectivity index (χ0n) is 14.7. The number of Topliss-reactive ketones (excluding diaryl/α,β-unsaturated/α-hetero) is 1. The molecule has 0 aliphatic rings. The Bertz CT molecular complexity index is 982. The van der Waals surface area contributed by atoms with Crippen LogP contribution >= 0.6 is 22.9 Å². The molecule has 3 rings (SSSR count). The van der Waals surface area contributed by atoms with Crippen molar-refractivity contribution < 1.29 is 18.8 Å². The predicted molar refractivity (Wildman–Crippen MR) is 108 cm³/mol. The number of amides is 2. The molecule has 144 valence electrons. The second-order valence-electron chi connectivity index (χ2n) is 5.88. The smallest absolute Gasteiger partial charge is 0.253 e. The van der Waals surface area contributed by atoms with E-state index in [-0.39, 0.29) is 37.0 Å². The molecule has 0 fully saturated rings. The van der Waals surface area contributed by atoms with Crippen molar-refractivity contribution in [2.24, 2.45) is 0 Å². The summed E-state index contributed by atoms with van der Waals surface area (Å²) in [6.07, 6.45) is 1.60. The highest BCUT2D eigenvalue weighted by molar-refractivity contribution is 7.18. The van der Waals surface area contributed by atoms with Gasteiger partial charge in [0.05, 0.1) is 33.3 Å². The van der Waals surface area contributed by atoms with Gasteiger partial charge in [-0.05, 0) is 36.4 Å². The van der Waals surface area contributed by atoms with Gasteiger partial charge in [0, 0.05) is 12.8 Å². The fourth-order valence-corrected chi connectivity index (χ4v) is 3.50. The maximum absolute atomic E-state index is 12.4. The van der Waals surface area contributed by atoms with E-state index in [1.54, 1.807) is 48.5 Å². The van der Waals surface area contributed by atoms with Crippen LogP contribution in [0.2, 0.25) is 4.34 Å². The van der Waals surface area contributed by atoms with Crippen LogP contribution in [0.25, 0.3) is 0 Å². The molecule has 0 saturated heterocycles. The van der Waals surface area contributed by atoms with E-state index < -0.39 is 0 Å². The predicted octanol–water partition coefficient (Wildman–Crippen LogP) is 4.53. The summed E-state index contributed by atoms with van der Waals surface area (Å²) >= 11 is 7.01. The first-order valence-electron chi connectivity index (χ1n) is 8.51. The van der Waals surface area contributed by atoms with Gasteiger partial charge < -0.3 is 15.1 Å². The summed E-state index contributed by atoms with van der Waals surface area (Å²) in [7, 11) is 0. The third kappa shape index (κ3) is 5.31. The fraction of sp³-hybridized carbons (Fsp3) is 0.150. The topological polar surface area (TPSA) is 88.4 Å². The van der Waals surface area contributed by atoms with Crippen molar-refractivity contribution in [1.82, 2.24) is 5.32 Å². The van der Waals surface area contributed by atoms with Crippen LogP contribution < -0.4 is 10.6 Å². The van der Waals surface area contributed by atoms with Gasteiger partial charge in [-0.25, -0.2) is 0 Å². The molecule has 28 heavy (non-hydrogen) atoms. The highest BCUT2D eigenvalue weighted by Gasteiger charge is 2.15. The summed E-state index contributed by atoms with van der Waals surface area (Å²) < 4.78 is 5.71. The third-order valence-corrected chi connectivity index (χ3v) is 5.15. The minimum absolute atomic E-state index is 0.0106. The number of nitrogens with one attached hydrogen (secondary N) is 2. The van der Waals surface area contributed by atoms with Crippen molar-refractivity contribution in [2.75, 3.05) is 5.32 Å². The number of benzene rings is 1. The molecule has 1 aromatic carbocycles. The first-order chi connectivity index (χ1) is 13.5. The molecule has 6 nitrogen and oxygen atoms in total. The number of carbonyl (C=O) groups excluding carboxylic acids is 3. The Hall–Kier alpha value is -2.90. The van der Waals surface area contributed by atoms with Crippen molar-refractivity contribution in [3.05, 3.63) is 75.3 Å². The molecule has 2 N–H and O–H groups in total. The molecule has 0 aliphatic carbocycles. The SMILES string of the molecule is O=C(CCC(=O)c1ccc(Cl)s1)Nc1ccccc1C(=O)NCc1ccco1. The van der Waals surface area contributed by atoms with E-state index in [0.29, 0.717) is 26.2 Å². The molecule has 0 radical (unpaired) electrons. The van der Waals surface area contributed by atoms with Crippen LogP contribution in [-0.2, 0) is 11.3 Å². The molecular formula is C20H17ClN2O4S. The number of thiophene rings is 1. The Morgan fingerprint density at radius 1 is 1.00 bits per heavy atom. The minimum atomic E-state index is -0.345. The lowest BCUT2D eigenvalue weighted by Gasteiger charge is -2.11. The quantitative estimate of drug-likeness (QED) is 0.528. The summed E-state index contributed by atoms with van der Waals surface area (Å²) in [6.45, 7) is 0.242. The number of hydrogen-bond acceptors (Lipinski definition) is 5. The van der Waals surface area contributed by atoms with E-state index in [2.05, 4.69) is 10.6 Å². The van der Waals surface area contributed by atoms with Gasteiger partial charge in [0.25, 0.3) is 5.91 Å². The molecule has 8 heteroatoms. The molecule has 0 bridgehead atoms. The van der Waals surface area contributed by atoms with Gasteiger partial charge in [0.2, 0.25) is 5.91 Å². The van der Waals surface area contributed by atoms with Crippen molar-refractivity contribution in [3.8, 4) is 0 Å². The molecule has 0 spiro atoms. The first kappa shape index (κ1) is 19.9. The molecule has 0 saturated carbocycles. The zero-order valence-corrected chi connectivity index (χ0v) is 16.3. The molecule has 0 atom stereocenters. The van der Waals surface area contributed by atoms with Crippen LogP contribution in [0.15, 0.2) is 59.2 Å². The summed E-state index contributed by atoms with van der Waals surface area (Å²) in [6, 6.07) is 13.5. The van der Waals surface area contributed by atoms with E-state index in [9.17, 15) is 14.4 Å². The van der Waals surface area contributed by atoms with E-state index in [1.807, 2.05) is 0 Å². The van der Waals surface area contributed by atoms with Crippen LogP contribution in [0.3, 0.4) is 0 Å². The molecule has 2 amide bonds. The number of hydrogen-bond donors (Lipinski definition) is 2. The zero-order chi connectivity index (χ0) is 19.9. The minimum Gasteiger partial charge on any atom is -0.467 e. The van der Waals surface area contributed by atoms with Gasteiger partial charge in [0.15, 0.2) is 5.78 Å². The summed E-state index contributed by atoms with van der Waals surface area (Å²) in [5, 5.41) is 5.44. The second-order valence-corrected chi connectivity index (χ2v) is 7.60. The standard InChI is InChI=1S/C20H17ClN2O4S/c21-18-9-8-17(28-18)16(24)7-10-19(25)23-15-6-2-1-5-14(15)20(26)22-12-13-4-3-11-27-13/h1-6,8-9,11H,7,10,12H2,(H,22,26)(H,23,25). The normalized spacial score (nSPS) is 10.5. The number of ketones is 1. The molecule has 2 heterocycles. The lowest BCUT2D eigenvalue weighted by Crippen LogP contribution is -2.24. The van der Waals surface area contributed by atoms with Crippen LogP contribution in [-0.4, -0.2) is 17.6 Å². The van der Waals surface area contributed by atoms with E-state index in [0.717, 1.165) is 0 Å². The van der Waals surface area contributed by atoms with Gasteiger partial charge in [-0.1, -0.05) is 23.7 Å². The fourth-order valence-electron chi connectivity index (χ4n) is 2.49. The Labute approximate surface area is 170 Å². The van der Waals surface area contributed by atoms with Gasteiger partial charge in [-0.2, -0.15) is 0 Å². The van der Waals surface area contributed by atoms with E-state index in [4.69, 9.17) is 16.0 Å². The molecule has 0 aliphatic heterocycles. The van der Waals surface area contributed by atoms with Gasteiger partial charge >= 0.3 is 0 Å². The van der Waals surface area contributed by atoms with Crippen LogP contribution in [0, 0.1) is 0 Å². The summed E-state index contributed by atoms with van der Waals surface area (Å²) in [5.41, 5.74) is 0.717. The Morgan fingerprint density at radius 3 is 2.54 bits per heavy atom. The average Bonchev–Trinajstić information content (AvgIpc) is 3.36. The number of para-hydroxylation sites is 1. The molecular weight excluding hydrogens is 400 g/mol. The Balaban J connectivity index is 1.56.